The molecule has 4 heteroatoms. The lowest BCUT2D eigenvalue weighted by Gasteiger charge is -2.13. The van der Waals surface area contributed by atoms with E-state index in [9.17, 15) is 4.79 Å². The van der Waals surface area contributed by atoms with Crippen LogP contribution in [0.15, 0.2) is 71.8 Å². The Bertz CT molecular complexity index is 1220. The summed E-state index contributed by atoms with van der Waals surface area (Å²) in [5, 5.41) is 8.67. The number of hydrogen-bond donors (Lipinski definition) is 1. The predicted molar refractivity (Wildman–Crippen MR) is 123 cm³/mol. The standard InChI is InChI=1S/C26H24N2O2/c1-17-12-13-18(2)26(19(17)3)30-16-25(29)28-27-15-24-22-10-6-4-8-20(22)14-21-9-5-7-11-23(21)24/h4-15H,16H2,1-3H3,(H,28,29). The van der Waals surface area contributed by atoms with E-state index in [-0.39, 0.29) is 12.5 Å². The number of hydrazone groups is 1. The van der Waals surface area contributed by atoms with Crippen LogP contribution in [-0.4, -0.2) is 18.7 Å². The van der Waals surface area contributed by atoms with Crippen LogP contribution in [0.25, 0.3) is 21.5 Å². The molecule has 0 aliphatic rings. The second-order valence-corrected chi connectivity index (χ2v) is 7.47. The minimum Gasteiger partial charge on any atom is -0.483 e. The Hall–Kier alpha value is -3.66. The summed E-state index contributed by atoms with van der Waals surface area (Å²) in [6, 6.07) is 22.6. The van der Waals surface area contributed by atoms with Crippen LogP contribution in [0.3, 0.4) is 0 Å². The highest BCUT2D eigenvalue weighted by Gasteiger charge is 2.09. The average Bonchev–Trinajstić information content (AvgIpc) is 2.76. The predicted octanol–water partition coefficient (Wildman–Crippen LogP) is 5.45. The van der Waals surface area contributed by atoms with Crippen LogP contribution in [0.5, 0.6) is 5.75 Å². The molecule has 0 heterocycles. The zero-order valence-electron chi connectivity index (χ0n) is 17.4. The molecule has 150 valence electrons. The molecule has 4 nitrogen and oxygen atoms in total. The maximum Gasteiger partial charge on any atom is 0.277 e. The highest BCUT2D eigenvalue weighted by Crippen LogP contribution is 2.27. The summed E-state index contributed by atoms with van der Waals surface area (Å²) >= 11 is 0. The van der Waals surface area contributed by atoms with Crippen molar-refractivity contribution in [1.29, 1.82) is 0 Å². The molecule has 0 aliphatic carbocycles. The van der Waals surface area contributed by atoms with Gasteiger partial charge in [-0.05, 0) is 65.1 Å². The summed E-state index contributed by atoms with van der Waals surface area (Å²) in [6.07, 6.45) is 1.71. The monoisotopic (exact) mass is 396 g/mol. The second-order valence-electron chi connectivity index (χ2n) is 7.47. The van der Waals surface area contributed by atoms with E-state index < -0.39 is 0 Å². The number of rotatable bonds is 5. The normalized spacial score (nSPS) is 11.3. The van der Waals surface area contributed by atoms with E-state index in [1.54, 1.807) is 6.21 Å². The van der Waals surface area contributed by atoms with Gasteiger partial charge in [0.15, 0.2) is 6.61 Å². The van der Waals surface area contributed by atoms with E-state index in [2.05, 4.69) is 46.9 Å². The third kappa shape index (κ3) is 3.90. The Morgan fingerprint density at radius 2 is 1.50 bits per heavy atom. The number of nitrogens with zero attached hydrogens (tertiary/aromatic N) is 1. The van der Waals surface area contributed by atoms with Crippen LogP contribution in [0, 0.1) is 20.8 Å². The third-order valence-corrected chi connectivity index (χ3v) is 5.42. The number of carbonyl (C=O) groups is 1. The lowest BCUT2D eigenvalue weighted by Crippen LogP contribution is -2.25. The number of amides is 1. The molecule has 0 spiro atoms. The minimum absolute atomic E-state index is 0.0846. The number of carbonyl (C=O) groups excluding carboxylic acids is 1. The largest absolute Gasteiger partial charge is 0.483 e. The van der Waals surface area contributed by atoms with Crippen molar-refractivity contribution in [3.63, 3.8) is 0 Å². The molecule has 0 saturated carbocycles. The molecule has 1 N–H and O–H groups in total. The Morgan fingerprint density at radius 3 is 2.17 bits per heavy atom. The van der Waals surface area contributed by atoms with Gasteiger partial charge >= 0.3 is 0 Å². The van der Waals surface area contributed by atoms with Crippen molar-refractivity contribution in [2.45, 2.75) is 20.8 Å². The summed E-state index contributed by atoms with van der Waals surface area (Å²) in [4.78, 5) is 12.3. The molecule has 0 aromatic heterocycles. The number of aryl methyl sites for hydroxylation is 2. The van der Waals surface area contributed by atoms with Crippen molar-refractivity contribution in [3.05, 3.63) is 89.0 Å². The van der Waals surface area contributed by atoms with Gasteiger partial charge in [0.2, 0.25) is 0 Å². The minimum atomic E-state index is -0.295. The molecule has 0 bridgehead atoms. The fraction of sp³-hybridized carbons (Fsp3) is 0.154. The average molecular weight is 396 g/mol. The van der Waals surface area contributed by atoms with Gasteiger partial charge in [-0.15, -0.1) is 0 Å². The van der Waals surface area contributed by atoms with Crippen molar-refractivity contribution >= 4 is 33.7 Å². The maximum absolute atomic E-state index is 12.3. The van der Waals surface area contributed by atoms with E-state index in [0.29, 0.717) is 0 Å². The molecule has 0 fully saturated rings. The van der Waals surface area contributed by atoms with Gasteiger partial charge in [-0.3, -0.25) is 4.79 Å². The van der Waals surface area contributed by atoms with Crippen LogP contribution in [0.4, 0.5) is 0 Å². The highest BCUT2D eigenvalue weighted by atomic mass is 16.5. The summed E-state index contributed by atoms with van der Waals surface area (Å²) in [7, 11) is 0. The Morgan fingerprint density at radius 1 is 0.900 bits per heavy atom. The van der Waals surface area contributed by atoms with Gasteiger partial charge in [-0.2, -0.15) is 5.10 Å². The number of benzene rings is 4. The maximum atomic E-state index is 12.3. The van der Waals surface area contributed by atoms with E-state index in [0.717, 1.165) is 49.5 Å². The fourth-order valence-corrected chi connectivity index (χ4v) is 3.67. The number of nitrogens with one attached hydrogen (secondary N) is 1. The Balaban J connectivity index is 1.53. The third-order valence-electron chi connectivity index (χ3n) is 5.42. The molecule has 1 amide bonds. The van der Waals surface area contributed by atoms with Crippen molar-refractivity contribution in [3.8, 4) is 5.75 Å². The zero-order valence-corrected chi connectivity index (χ0v) is 17.4. The molecule has 4 rings (SSSR count). The number of hydrogen-bond acceptors (Lipinski definition) is 3. The molecule has 0 unspecified atom stereocenters. The van der Waals surface area contributed by atoms with Crippen LogP contribution in [0.2, 0.25) is 0 Å². The molecule has 0 radical (unpaired) electrons. The lowest BCUT2D eigenvalue weighted by molar-refractivity contribution is -0.123. The van der Waals surface area contributed by atoms with Crippen molar-refractivity contribution in [1.82, 2.24) is 5.43 Å². The molecule has 30 heavy (non-hydrogen) atoms. The van der Waals surface area contributed by atoms with Gasteiger partial charge in [0.1, 0.15) is 5.75 Å². The fourth-order valence-electron chi connectivity index (χ4n) is 3.67. The Kier molecular flexibility index (Phi) is 5.48. The van der Waals surface area contributed by atoms with E-state index in [4.69, 9.17) is 4.74 Å². The van der Waals surface area contributed by atoms with Crippen molar-refractivity contribution in [2.24, 2.45) is 5.10 Å². The van der Waals surface area contributed by atoms with Gasteiger partial charge in [-0.1, -0.05) is 60.7 Å². The van der Waals surface area contributed by atoms with Crippen molar-refractivity contribution < 1.29 is 9.53 Å². The Labute approximate surface area is 176 Å². The molecular formula is C26H24N2O2. The van der Waals surface area contributed by atoms with Crippen LogP contribution >= 0.6 is 0 Å². The number of ether oxygens (including phenoxy) is 1. The number of fused-ring (bicyclic) bond motifs is 2. The van der Waals surface area contributed by atoms with Gasteiger partial charge < -0.3 is 4.74 Å². The molecule has 4 aromatic carbocycles. The van der Waals surface area contributed by atoms with Gasteiger partial charge in [0.05, 0.1) is 6.21 Å². The topological polar surface area (TPSA) is 50.7 Å². The molecule has 0 saturated heterocycles. The summed E-state index contributed by atoms with van der Waals surface area (Å²) in [5.74, 6) is 0.463. The zero-order chi connectivity index (χ0) is 21.1. The second kappa shape index (κ2) is 8.37. The first-order valence-electron chi connectivity index (χ1n) is 9.96. The van der Waals surface area contributed by atoms with E-state index in [1.165, 1.54) is 0 Å². The quantitative estimate of drug-likeness (QED) is 0.277. The highest BCUT2D eigenvalue weighted by molar-refractivity contribution is 6.13. The van der Waals surface area contributed by atoms with Crippen LogP contribution < -0.4 is 10.2 Å². The summed E-state index contributed by atoms with van der Waals surface area (Å²) < 4.78 is 5.77. The van der Waals surface area contributed by atoms with Gasteiger partial charge in [0, 0.05) is 5.56 Å². The van der Waals surface area contributed by atoms with E-state index >= 15 is 0 Å². The SMILES string of the molecule is Cc1ccc(C)c(OCC(=O)NN=Cc2c3ccccc3cc3ccccc23)c1C. The first-order chi connectivity index (χ1) is 14.5. The van der Waals surface area contributed by atoms with Crippen LogP contribution in [-0.2, 0) is 4.79 Å². The van der Waals surface area contributed by atoms with E-state index in [1.807, 2.05) is 51.1 Å². The van der Waals surface area contributed by atoms with Crippen molar-refractivity contribution in [2.75, 3.05) is 6.61 Å². The van der Waals surface area contributed by atoms with Crippen LogP contribution in [0.1, 0.15) is 22.3 Å². The molecule has 4 aromatic rings. The molecule has 0 aliphatic heterocycles. The summed E-state index contributed by atoms with van der Waals surface area (Å²) in [5.41, 5.74) is 6.77. The lowest BCUT2D eigenvalue weighted by atomic mass is 9.97. The molecule has 0 atom stereocenters. The molecular weight excluding hydrogens is 372 g/mol. The summed E-state index contributed by atoms with van der Waals surface area (Å²) in [6.45, 7) is 5.92. The van der Waals surface area contributed by atoms with Gasteiger partial charge in [-0.25, -0.2) is 5.43 Å². The first-order valence-corrected chi connectivity index (χ1v) is 9.96. The smallest absolute Gasteiger partial charge is 0.277 e. The first kappa shape index (κ1) is 19.6. The van der Waals surface area contributed by atoms with Gasteiger partial charge in [0.25, 0.3) is 5.91 Å².